The van der Waals surface area contributed by atoms with E-state index < -0.39 is 16.8 Å². The summed E-state index contributed by atoms with van der Waals surface area (Å²) in [4.78, 5) is 35.7. The molecule has 34 heavy (non-hydrogen) atoms. The van der Waals surface area contributed by atoms with Gasteiger partial charge in [-0.25, -0.2) is 9.59 Å². The number of ether oxygens (including phenoxy) is 3. The number of alkyl carbamates (subject to hydrolysis) is 1. The van der Waals surface area contributed by atoms with E-state index in [0.717, 1.165) is 5.56 Å². The Kier molecular flexibility index (Phi) is 10.7. The van der Waals surface area contributed by atoms with E-state index >= 15 is 0 Å². The molecule has 1 N–H and O–H groups in total. The van der Waals surface area contributed by atoms with Gasteiger partial charge in [-0.05, 0) is 73.1 Å². The van der Waals surface area contributed by atoms with E-state index in [1.807, 2.05) is 67.5 Å². The lowest BCUT2D eigenvalue weighted by Gasteiger charge is -2.29. The maximum Gasteiger partial charge on any atom is 0.410 e. The van der Waals surface area contributed by atoms with E-state index in [1.165, 1.54) is 0 Å². The van der Waals surface area contributed by atoms with E-state index in [9.17, 15) is 14.4 Å². The van der Waals surface area contributed by atoms with Crippen LogP contribution in [-0.2, 0) is 25.4 Å². The Morgan fingerprint density at radius 1 is 1.09 bits per heavy atom. The van der Waals surface area contributed by atoms with Gasteiger partial charge in [0.25, 0.3) is 6.47 Å². The molecule has 1 aromatic carbocycles. The molecular weight excluding hydrogens is 460 g/mol. The second-order valence-electron chi connectivity index (χ2n) is 10.7. The monoisotopic (exact) mass is 498 g/mol. The van der Waals surface area contributed by atoms with Gasteiger partial charge in [-0.2, -0.15) is 0 Å². The van der Waals surface area contributed by atoms with Crippen molar-refractivity contribution < 1.29 is 28.6 Å². The molecule has 1 aromatic rings. The number of likely N-dealkylation sites (tertiary alicyclic amines) is 1. The Labute approximate surface area is 208 Å². The van der Waals surface area contributed by atoms with Crippen LogP contribution in [0.1, 0.15) is 67.4 Å². The number of nitrogens with one attached hydrogen (secondary N) is 1. The summed E-state index contributed by atoms with van der Waals surface area (Å²) in [6.07, 6.45) is 0.369. The molecule has 0 bridgehead atoms. The van der Waals surface area contributed by atoms with Crippen LogP contribution < -0.4 is 5.32 Å². The summed E-state index contributed by atoms with van der Waals surface area (Å²) in [5.41, 5.74) is -0.669. The number of amides is 2. The van der Waals surface area contributed by atoms with Crippen molar-refractivity contribution in [2.75, 3.05) is 13.1 Å². The fourth-order valence-electron chi connectivity index (χ4n) is 3.23. The lowest BCUT2D eigenvalue weighted by Crippen LogP contribution is -2.41. The maximum absolute atomic E-state index is 12.2. The van der Waals surface area contributed by atoms with Crippen LogP contribution >= 0.6 is 11.6 Å². The molecule has 8 nitrogen and oxygen atoms in total. The van der Waals surface area contributed by atoms with Gasteiger partial charge in [0.1, 0.15) is 16.8 Å². The largest absolute Gasteiger partial charge is 0.459 e. The topological polar surface area (TPSA) is 94.2 Å². The fourth-order valence-corrected chi connectivity index (χ4v) is 3.35. The van der Waals surface area contributed by atoms with Crippen molar-refractivity contribution in [3.63, 3.8) is 0 Å². The predicted octanol–water partition coefficient (Wildman–Crippen LogP) is 5.35. The number of carbonyl (C=O) groups is 3. The van der Waals surface area contributed by atoms with E-state index in [1.54, 1.807) is 17.0 Å². The van der Waals surface area contributed by atoms with Crippen LogP contribution in [0.5, 0.6) is 0 Å². The Balaban J connectivity index is 0.000000445. The molecule has 1 heterocycles. The minimum absolute atomic E-state index is 0.129. The van der Waals surface area contributed by atoms with E-state index in [2.05, 4.69) is 5.32 Å². The second kappa shape index (κ2) is 12.3. The van der Waals surface area contributed by atoms with Crippen molar-refractivity contribution in [3.05, 3.63) is 34.9 Å². The smallest absolute Gasteiger partial charge is 0.410 e. The molecule has 0 aromatic heterocycles. The summed E-state index contributed by atoms with van der Waals surface area (Å²) in [5, 5.41) is 3.29. The van der Waals surface area contributed by atoms with E-state index in [0.29, 0.717) is 37.4 Å². The normalized spacial score (nSPS) is 18.0. The Bertz CT molecular complexity index is 814. The second-order valence-corrected chi connectivity index (χ2v) is 11.1. The van der Waals surface area contributed by atoms with Crippen LogP contribution in [-0.4, -0.2) is 59.5 Å². The van der Waals surface area contributed by atoms with Crippen LogP contribution in [0.15, 0.2) is 24.3 Å². The highest BCUT2D eigenvalue weighted by molar-refractivity contribution is 6.30. The number of rotatable bonds is 5. The van der Waals surface area contributed by atoms with E-state index in [-0.39, 0.29) is 18.2 Å². The van der Waals surface area contributed by atoms with Crippen LogP contribution in [0, 0.1) is 0 Å². The molecule has 1 atom stereocenters. The average molecular weight is 499 g/mol. The third kappa shape index (κ3) is 11.6. The standard InChI is InChI=1S/C17H22ClNO4.C8H17NO2/c1-16(2,3)23-15(21)19-9-8-17(11-19,22-12-20)10-13-4-6-14(18)7-5-13;1-6(2)9-7(10)11-8(3,4)5/h4-7,12H,8-11H2,1-3H3;6H,1-5H3,(H,9,10). The molecule has 1 unspecified atom stereocenters. The molecule has 0 radical (unpaired) electrons. The summed E-state index contributed by atoms with van der Waals surface area (Å²) >= 11 is 5.89. The summed E-state index contributed by atoms with van der Waals surface area (Å²) < 4.78 is 15.8. The van der Waals surface area contributed by atoms with Gasteiger partial charge in [-0.1, -0.05) is 23.7 Å². The van der Waals surface area contributed by atoms with Crippen LogP contribution in [0.25, 0.3) is 0 Å². The molecule has 9 heteroatoms. The van der Waals surface area contributed by atoms with Gasteiger partial charge < -0.3 is 24.4 Å². The van der Waals surface area contributed by atoms with Crippen molar-refractivity contribution in [1.29, 1.82) is 0 Å². The third-order valence-corrected chi connectivity index (χ3v) is 4.76. The zero-order valence-corrected chi connectivity index (χ0v) is 22.3. The molecule has 192 valence electrons. The lowest BCUT2D eigenvalue weighted by atomic mass is 9.93. The van der Waals surface area contributed by atoms with E-state index in [4.69, 9.17) is 25.8 Å². The first-order chi connectivity index (χ1) is 15.5. The molecule has 1 aliphatic rings. The number of carbonyl (C=O) groups excluding carboxylic acids is 3. The van der Waals surface area contributed by atoms with Gasteiger partial charge in [-0.15, -0.1) is 0 Å². The van der Waals surface area contributed by atoms with Crippen molar-refractivity contribution in [2.24, 2.45) is 0 Å². The van der Waals surface area contributed by atoms with Crippen LogP contribution in [0.2, 0.25) is 5.02 Å². The molecule has 0 saturated carbocycles. The Hall–Kier alpha value is -2.48. The number of hydrogen-bond acceptors (Lipinski definition) is 6. The molecular formula is C25H39ClN2O6. The minimum atomic E-state index is -0.716. The average Bonchev–Trinajstić information content (AvgIpc) is 3.05. The molecule has 0 spiro atoms. The van der Waals surface area contributed by atoms with Gasteiger partial charge >= 0.3 is 12.2 Å². The molecule has 2 amide bonds. The molecule has 2 rings (SSSR count). The zero-order valence-electron chi connectivity index (χ0n) is 21.6. The zero-order chi connectivity index (χ0) is 26.2. The van der Waals surface area contributed by atoms with Crippen LogP contribution in [0.4, 0.5) is 9.59 Å². The number of halogens is 1. The summed E-state index contributed by atoms with van der Waals surface area (Å²) in [6.45, 7) is 16.0. The van der Waals surface area contributed by atoms with Crippen molar-refractivity contribution in [2.45, 2.75) is 91.1 Å². The van der Waals surface area contributed by atoms with Gasteiger partial charge in [-0.3, -0.25) is 4.79 Å². The molecule has 0 aliphatic carbocycles. The predicted molar refractivity (Wildman–Crippen MR) is 132 cm³/mol. The first kappa shape index (κ1) is 29.6. The van der Waals surface area contributed by atoms with Crippen LogP contribution in [0.3, 0.4) is 0 Å². The van der Waals surface area contributed by atoms with Gasteiger partial charge in [0.15, 0.2) is 0 Å². The molecule has 1 aliphatic heterocycles. The van der Waals surface area contributed by atoms with Crippen molar-refractivity contribution in [3.8, 4) is 0 Å². The highest BCUT2D eigenvalue weighted by Gasteiger charge is 2.43. The summed E-state index contributed by atoms with van der Waals surface area (Å²) in [7, 11) is 0. The number of benzene rings is 1. The van der Waals surface area contributed by atoms with Gasteiger partial charge in [0.05, 0.1) is 6.54 Å². The Morgan fingerprint density at radius 3 is 2.12 bits per heavy atom. The Morgan fingerprint density at radius 2 is 1.65 bits per heavy atom. The molecule has 1 fully saturated rings. The SMILES string of the molecule is CC(C)(C)OC(=O)N1CCC(Cc2ccc(Cl)cc2)(OC=O)C1.CC(C)NC(=O)OC(C)(C)C. The third-order valence-electron chi connectivity index (χ3n) is 4.51. The highest BCUT2D eigenvalue weighted by atomic mass is 35.5. The number of nitrogens with zero attached hydrogens (tertiary/aromatic N) is 1. The maximum atomic E-state index is 12.2. The summed E-state index contributed by atoms with van der Waals surface area (Å²) in [6, 6.07) is 7.52. The lowest BCUT2D eigenvalue weighted by molar-refractivity contribution is -0.142. The molecule has 1 saturated heterocycles. The van der Waals surface area contributed by atoms with Crippen molar-refractivity contribution >= 4 is 30.3 Å². The van der Waals surface area contributed by atoms with Gasteiger partial charge in [0, 0.05) is 30.5 Å². The summed E-state index contributed by atoms with van der Waals surface area (Å²) in [5.74, 6) is 0. The first-order valence-corrected chi connectivity index (χ1v) is 11.8. The minimum Gasteiger partial charge on any atom is -0.459 e. The van der Waals surface area contributed by atoms with Gasteiger partial charge in [0.2, 0.25) is 0 Å². The fraction of sp³-hybridized carbons (Fsp3) is 0.640. The van der Waals surface area contributed by atoms with Crippen molar-refractivity contribution in [1.82, 2.24) is 10.2 Å². The quantitative estimate of drug-likeness (QED) is 0.434. The number of hydrogen-bond donors (Lipinski definition) is 1. The first-order valence-electron chi connectivity index (χ1n) is 11.4. The highest BCUT2D eigenvalue weighted by Crippen LogP contribution is 2.30.